The van der Waals surface area contributed by atoms with E-state index in [9.17, 15) is 14.7 Å². The zero-order valence-electron chi connectivity index (χ0n) is 17.4. The number of ether oxygens (including phenoxy) is 2. The SMILES string of the molecule is COc1ccc2cc(C(=O)NC(CO)CC(C)C)c(=O)n3c2c1OCCCCC3. The summed E-state index contributed by atoms with van der Waals surface area (Å²) in [5, 5.41) is 13.1. The fraction of sp³-hybridized carbons (Fsp3) is 0.545. The fourth-order valence-electron chi connectivity index (χ4n) is 3.84. The Morgan fingerprint density at radius 3 is 2.79 bits per heavy atom. The number of carbonyl (C=O) groups is 1. The van der Waals surface area contributed by atoms with E-state index >= 15 is 0 Å². The van der Waals surface area contributed by atoms with Gasteiger partial charge in [0.2, 0.25) is 0 Å². The summed E-state index contributed by atoms with van der Waals surface area (Å²) >= 11 is 0. The van der Waals surface area contributed by atoms with Crippen molar-refractivity contribution < 1.29 is 19.4 Å². The maximum atomic E-state index is 13.3. The Morgan fingerprint density at radius 1 is 1.31 bits per heavy atom. The maximum Gasteiger partial charge on any atom is 0.264 e. The molecule has 0 saturated heterocycles. The van der Waals surface area contributed by atoms with E-state index < -0.39 is 5.91 Å². The van der Waals surface area contributed by atoms with Crippen molar-refractivity contribution in [1.29, 1.82) is 0 Å². The lowest BCUT2D eigenvalue weighted by atomic mass is 10.0. The first-order valence-electron chi connectivity index (χ1n) is 10.2. The van der Waals surface area contributed by atoms with Crippen molar-refractivity contribution in [3.63, 3.8) is 0 Å². The molecule has 1 aromatic carbocycles. The number of hydrogen-bond donors (Lipinski definition) is 2. The summed E-state index contributed by atoms with van der Waals surface area (Å²) in [6.45, 7) is 4.94. The minimum absolute atomic E-state index is 0.0788. The highest BCUT2D eigenvalue weighted by atomic mass is 16.5. The number of aliphatic hydroxyl groups is 1. The molecule has 1 atom stereocenters. The van der Waals surface area contributed by atoms with E-state index in [1.165, 1.54) is 0 Å². The van der Waals surface area contributed by atoms with Crippen molar-refractivity contribution in [3.05, 3.63) is 34.1 Å². The highest BCUT2D eigenvalue weighted by molar-refractivity contribution is 5.99. The Hall–Kier alpha value is -2.54. The number of hydrogen-bond acceptors (Lipinski definition) is 5. The predicted octanol–water partition coefficient (Wildman–Crippen LogP) is 2.71. The molecular formula is C22H30N2O5. The molecule has 7 nitrogen and oxygen atoms in total. The Labute approximate surface area is 170 Å². The number of benzene rings is 1. The molecule has 0 aliphatic carbocycles. The van der Waals surface area contributed by atoms with Crippen LogP contribution in [0.5, 0.6) is 11.5 Å². The zero-order chi connectivity index (χ0) is 21.0. The van der Waals surface area contributed by atoms with E-state index in [-0.39, 0.29) is 23.8 Å². The van der Waals surface area contributed by atoms with Gasteiger partial charge in [-0.15, -0.1) is 0 Å². The molecule has 1 amide bonds. The van der Waals surface area contributed by atoms with Gasteiger partial charge in [-0.1, -0.05) is 13.8 Å². The molecule has 7 heteroatoms. The van der Waals surface area contributed by atoms with Crippen LogP contribution in [0.25, 0.3) is 10.9 Å². The number of nitrogens with one attached hydrogen (secondary N) is 1. The van der Waals surface area contributed by atoms with Gasteiger partial charge in [-0.2, -0.15) is 0 Å². The summed E-state index contributed by atoms with van der Waals surface area (Å²) in [5.74, 6) is 0.971. The number of amides is 1. The molecule has 29 heavy (non-hydrogen) atoms. The Kier molecular flexibility index (Phi) is 6.79. The molecule has 2 heterocycles. The average molecular weight is 402 g/mol. The van der Waals surface area contributed by atoms with Crippen molar-refractivity contribution in [3.8, 4) is 11.5 Å². The smallest absolute Gasteiger partial charge is 0.264 e. The van der Waals surface area contributed by atoms with Crippen LogP contribution in [0.4, 0.5) is 0 Å². The van der Waals surface area contributed by atoms with Gasteiger partial charge in [-0.25, -0.2) is 0 Å². The van der Waals surface area contributed by atoms with Crippen LogP contribution in [-0.2, 0) is 6.54 Å². The van der Waals surface area contributed by atoms with E-state index in [0.717, 1.165) is 24.6 Å². The number of aromatic nitrogens is 1. The molecule has 1 aliphatic rings. The van der Waals surface area contributed by atoms with Crippen molar-refractivity contribution >= 4 is 16.8 Å². The summed E-state index contributed by atoms with van der Waals surface area (Å²) in [6, 6.07) is 4.85. The monoisotopic (exact) mass is 402 g/mol. The van der Waals surface area contributed by atoms with Gasteiger partial charge >= 0.3 is 0 Å². The second kappa shape index (κ2) is 9.31. The lowest BCUT2D eigenvalue weighted by Crippen LogP contribution is -2.41. The largest absolute Gasteiger partial charge is 0.493 e. The Balaban J connectivity index is 2.10. The van der Waals surface area contributed by atoms with Crippen LogP contribution in [0.1, 0.15) is 49.9 Å². The third kappa shape index (κ3) is 4.56. The molecule has 0 bridgehead atoms. The van der Waals surface area contributed by atoms with Crippen LogP contribution in [0.2, 0.25) is 0 Å². The third-order valence-corrected chi connectivity index (χ3v) is 5.22. The number of rotatable bonds is 6. The fourth-order valence-corrected chi connectivity index (χ4v) is 3.84. The van der Waals surface area contributed by atoms with Crippen LogP contribution in [-0.4, -0.2) is 41.9 Å². The Bertz CT molecular complexity index is 935. The van der Waals surface area contributed by atoms with Crippen molar-refractivity contribution in [2.45, 2.75) is 52.1 Å². The first-order valence-corrected chi connectivity index (χ1v) is 10.2. The van der Waals surface area contributed by atoms with Crippen molar-refractivity contribution in [2.75, 3.05) is 20.3 Å². The molecular weight excluding hydrogens is 372 g/mol. The normalized spacial score (nSPS) is 15.2. The molecule has 0 saturated carbocycles. The lowest BCUT2D eigenvalue weighted by molar-refractivity contribution is 0.0906. The van der Waals surface area contributed by atoms with Gasteiger partial charge in [0.1, 0.15) is 5.56 Å². The third-order valence-electron chi connectivity index (χ3n) is 5.22. The van der Waals surface area contributed by atoms with E-state index in [0.29, 0.717) is 42.5 Å². The molecule has 158 valence electrons. The average Bonchev–Trinajstić information content (AvgIpc) is 2.81. The van der Waals surface area contributed by atoms with E-state index in [2.05, 4.69) is 5.32 Å². The number of pyridine rings is 1. The second-order valence-corrected chi connectivity index (χ2v) is 7.94. The number of aliphatic hydroxyl groups excluding tert-OH is 1. The van der Waals surface area contributed by atoms with E-state index in [1.54, 1.807) is 23.8 Å². The first kappa shape index (κ1) is 21.2. The van der Waals surface area contributed by atoms with Gasteiger partial charge in [0.05, 0.1) is 31.9 Å². The second-order valence-electron chi connectivity index (χ2n) is 7.94. The topological polar surface area (TPSA) is 89.8 Å². The molecule has 2 aromatic rings. The minimum Gasteiger partial charge on any atom is -0.493 e. The van der Waals surface area contributed by atoms with Gasteiger partial charge in [0.25, 0.3) is 11.5 Å². The highest BCUT2D eigenvalue weighted by Gasteiger charge is 2.23. The number of aryl methyl sites for hydroxylation is 1. The van der Waals surface area contributed by atoms with Crippen LogP contribution < -0.4 is 20.3 Å². The number of nitrogens with zero attached hydrogens (tertiary/aromatic N) is 1. The summed E-state index contributed by atoms with van der Waals surface area (Å²) in [7, 11) is 1.57. The van der Waals surface area contributed by atoms with Crippen LogP contribution >= 0.6 is 0 Å². The van der Waals surface area contributed by atoms with Crippen LogP contribution in [0.3, 0.4) is 0 Å². The maximum absolute atomic E-state index is 13.3. The van der Waals surface area contributed by atoms with Gasteiger partial charge in [-0.05, 0) is 49.8 Å². The minimum atomic E-state index is -0.460. The molecule has 2 N–H and O–H groups in total. The Morgan fingerprint density at radius 2 is 2.10 bits per heavy atom. The van der Waals surface area contributed by atoms with E-state index in [4.69, 9.17) is 9.47 Å². The summed E-state index contributed by atoms with van der Waals surface area (Å²) in [4.78, 5) is 26.1. The summed E-state index contributed by atoms with van der Waals surface area (Å²) in [6.07, 6.45) is 3.29. The molecule has 0 fully saturated rings. The number of carbonyl (C=O) groups excluding carboxylic acids is 1. The number of methoxy groups -OCH3 is 1. The standard InChI is InChI=1S/C22H30N2O5/c1-14(2)11-16(13-25)23-21(26)17-12-15-7-8-18(28-3)20-19(15)24(22(17)27)9-5-4-6-10-29-20/h7-8,12,14,16,25H,4-6,9-11,13H2,1-3H3,(H,23,26). The van der Waals surface area contributed by atoms with Crippen LogP contribution in [0, 0.1) is 5.92 Å². The lowest BCUT2D eigenvalue weighted by Gasteiger charge is -2.20. The summed E-state index contributed by atoms with van der Waals surface area (Å²) < 4.78 is 13.0. The van der Waals surface area contributed by atoms with Gasteiger partial charge < -0.3 is 24.5 Å². The van der Waals surface area contributed by atoms with Gasteiger partial charge in [0, 0.05) is 11.9 Å². The molecule has 1 aliphatic heterocycles. The van der Waals surface area contributed by atoms with Gasteiger partial charge in [0.15, 0.2) is 11.5 Å². The molecule has 0 spiro atoms. The molecule has 0 radical (unpaired) electrons. The summed E-state index contributed by atoms with van der Waals surface area (Å²) in [5.41, 5.74) is 0.389. The molecule has 3 rings (SSSR count). The van der Waals surface area contributed by atoms with Crippen LogP contribution in [0.15, 0.2) is 23.0 Å². The highest BCUT2D eigenvalue weighted by Crippen LogP contribution is 2.36. The van der Waals surface area contributed by atoms with Gasteiger partial charge in [-0.3, -0.25) is 9.59 Å². The molecule has 1 unspecified atom stereocenters. The predicted molar refractivity (Wildman–Crippen MR) is 112 cm³/mol. The van der Waals surface area contributed by atoms with Crippen molar-refractivity contribution in [1.82, 2.24) is 9.88 Å². The molecule has 1 aromatic heterocycles. The zero-order valence-corrected chi connectivity index (χ0v) is 17.4. The van der Waals surface area contributed by atoms with Crippen molar-refractivity contribution in [2.24, 2.45) is 5.92 Å². The van der Waals surface area contributed by atoms with E-state index in [1.807, 2.05) is 19.9 Å². The quantitative estimate of drug-likeness (QED) is 0.775. The first-order chi connectivity index (χ1) is 14.0.